The molecule has 0 saturated carbocycles. The van der Waals surface area contributed by atoms with Crippen LogP contribution in [0, 0.1) is 6.92 Å². The molecule has 1 N–H and O–H groups in total. The van der Waals surface area contributed by atoms with Gasteiger partial charge in [0.2, 0.25) is 5.88 Å². The lowest BCUT2D eigenvalue weighted by Gasteiger charge is -2.05. The second-order valence-corrected chi connectivity index (χ2v) is 5.64. The first kappa shape index (κ1) is 15.5. The third-order valence-corrected chi connectivity index (χ3v) is 3.72. The molecule has 0 aliphatic heterocycles. The van der Waals surface area contributed by atoms with Gasteiger partial charge in [-0.05, 0) is 37.3 Å². The Balaban J connectivity index is 2.03. The fourth-order valence-corrected chi connectivity index (χ4v) is 2.41. The normalized spacial score (nSPS) is 11.3. The quantitative estimate of drug-likeness (QED) is 0.626. The standard InChI is InChI=1S/C16H12Cl2N4O/c1-10-15(20-19-12-5-3-2-4-6-12)16(23)22(21-10)14-9-11(17)7-8-13(14)18/h2-9,23H,1H3. The summed E-state index contributed by atoms with van der Waals surface area (Å²) in [5, 5.41) is 23.8. The number of nitrogens with zero attached hydrogens (tertiary/aromatic N) is 4. The molecule has 7 heteroatoms. The van der Waals surface area contributed by atoms with E-state index >= 15 is 0 Å². The second-order valence-electron chi connectivity index (χ2n) is 4.80. The summed E-state index contributed by atoms with van der Waals surface area (Å²) < 4.78 is 1.29. The average Bonchev–Trinajstić information content (AvgIpc) is 2.83. The number of halogens is 2. The van der Waals surface area contributed by atoms with E-state index < -0.39 is 0 Å². The molecule has 0 radical (unpaired) electrons. The third kappa shape index (κ3) is 3.21. The monoisotopic (exact) mass is 346 g/mol. The number of rotatable bonds is 3. The maximum Gasteiger partial charge on any atom is 0.243 e. The molecule has 0 spiro atoms. The van der Waals surface area contributed by atoms with E-state index in [2.05, 4.69) is 15.3 Å². The van der Waals surface area contributed by atoms with Crippen molar-refractivity contribution >= 4 is 34.6 Å². The molecule has 0 atom stereocenters. The largest absolute Gasteiger partial charge is 0.492 e. The van der Waals surface area contributed by atoms with E-state index in [9.17, 15) is 5.11 Å². The van der Waals surface area contributed by atoms with Crippen molar-refractivity contribution in [1.82, 2.24) is 9.78 Å². The Kier molecular flexibility index (Phi) is 4.32. The Bertz CT molecular complexity index is 875. The molecule has 0 saturated heterocycles. The summed E-state index contributed by atoms with van der Waals surface area (Å²) in [5.41, 5.74) is 1.96. The second kappa shape index (κ2) is 6.40. The van der Waals surface area contributed by atoms with Gasteiger partial charge in [0.05, 0.1) is 22.1 Å². The minimum atomic E-state index is -0.147. The Morgan fingerprint density at radius 1 is 1.04 bits per heavy atom. The van der Waals surface area contributed by atoms with Crippen LogP contribution in [0.4, 0.5) is 11.4 Å². The summed E-state index contributed by atoms with van der Waals surface area (Å²) in [5.74, 6) is -0.147. The molecule has 0 amide bonds. The number of benzene rings is 2. The number of hydrogen-bond donors (Lipinski definition) is 1. The molecule has 3 rings (SSSR count). The molecule has 0 bridgehead atoms. The van der Waals surface area contributed by atoms with Crippen molar-refractivity contribution in [3.8, 4) is 11.6 Å². The van der Waals surface area contributed by atoms with Crippen LogP contribution in [0.3, 0.4) is 0 Å². The zero-order chi connectivity index (χ0) is 16.4. The van der Waals surface area contributed by atoms with Crippen LogP contribution in [-0.4, -0.2) is 14.9 Å². The predicted octanol–water partition coefficient (Wildman–Crippen LogP) is 5.61. The van der Waals surface area contributed by atoms with Crippen LogP contribution in [0.25, 0.3) is 5.69 Å². The van der Waals surface area contributed by atoms with Gasteiger partial charge in [0.25, 0.3) is 0 Å². The number of aromatic hydroxyl groups is 1. The van der Waals surface area contributed by atoms with Crippen molar-refractivity contribution in [1.29, 1.82) is 0 Å². The minimum absolute atomic E-state index is 0.147. The molecular weight excluding hydrogens is 335 g/mol. The summed E-state index contributed by atoms with van der Waals surface area (Å²) >= 11 is 12.1. The third-order valence-electron chi connectivity index (χ3n) is 3.16. The highest BCUT2D eigenvalue weighted by Gasteiger charge is 2.17. The Morgan fingerprint density at radius 2 is 1.78 bits per heavy atom. The molecule has 0 aliphatic rings. The molecule has 5 nitrogen and oxygen atoms in total. The molecule has 23 heavy (non-hydrogen) atoms. The fraction of sp³-hybridized carbons (Fsp3) is 0.0625. The summed E-state index contributed by atoms with van der Waals surface area (Å²) in [7, 11) is 0. The zero-order valence-electron chi connectivity index (χ0n) is 12.1. The van der Waals surface area contributed by atoms with Gasteiger partial charge in [-0.2, -0.15) is 14.9 Å². The molecule has 0 fully saturated rings. The molecule has 1 heterocycles. The lowest BCUT2D eigenvalue weighted by molar-refractivity contribution is 0.434. The Morgan fingerprint density at radius 3 is 2.52 bits per heavy atom. The molecule has 0 aliphatic carbocycles. The van der Waals surface area contributed by atoms with Crippen LogP contribution in [-0.2, 0) is 0 Å². The van der Waals surface area contributed by atoms with Gasteiger partial charge in [-0.25, -0.2) is 0 Å². The zero-order valence-corrected chi connectivity index (χ0v) is 13.6. The smallest absolute Gasteiger partial charge is 0.243 e. The van der Waals surface area contributed by atoms with Gasteiger partial charge in [-0.15, -0.1) is 5.11 Å². The minimum Gasteiger partial charge on any atom is -0.492 e. The first-order chi connectivity index (χ1) is 11.1. The fourth-order valence-electron chi connectivity index (χ4n) is 2.04. The number of hydrogen-bond acceptors (Lipinski definition) is 4. The van der Waals surface area contributed by atoms with Gasteiger partial charge < -0.3 is 5.11 Å². The highest BCUT2D eigenvalue weighted by molar-refractivity contribution is 6.34. The van der Waals surface area contributed by atoms with Crippen molar-refractivity contribution in [2.45, 2.75) is 6.92 Å². The van der Waals surface area contributed by atoms with Gasteiger partial charge in [-0.1, -0.05) is 41.4 Å². The SMILES string of the molecule is Cc1nn(-c2cc(Cl)ccc2Cl)c(O)c1N=Nc1ccccc1. The van der Waals surface area contributed by atoms with Gasteiger partial charge in [0.1, 0.15) is 0 Å². The summed E-state index contributed by atoms with van der Waals surface area (Å²) in [6.07, 6.45) is 0. The van der Waals surface area contributed by atoms with Gasteiger partial charge >= 0.3 is 0 Å². The molecule has 116 valence electrons. The topological polar surface area (TPSA) is 62.8 Å². The van der Waals surface area contributed by atoms with Crippen molar-refractivity contribution in [2.75, 3.05) is 0 Å². The average molecular weight is 347 g/mol. The molecular formula is C16H12Cl2N4O. The molecule has 1 aromatic heterocycles. The highest BCUT2D eigenvalue weighted by atomic mass is 35.5. The van der Waals surface area contributed by atoms with E-state index in [1.165, 1.54) is 4.68 Å². The molecule has 3 aromatic rings. The van der Waals surface area contributed by atoms with Crippen LogP contribution in [0.1, 0.15) is 5.69 Å². The summed E-state index contributed by atoms with van der Waals surface area (Å²) in [6.45, 7) is 1.73. The molecule has 0 unspecified atom stereocenters. The van der Waals surface area contributed by atoms with Gasteiger partial charge in [0.15, 0.2) is 5.69 Å². The van der Waals surface area contributed by atoms with E-state index in [-0.39, 0.29) is 11.6 Å². The van der Waals surface area contributed by atoms with Crippen molar-refractivity contribution in [2.24, 2.45) is 10.2 Å². The maximum absolute atomic E-state index is 10.4. The lowest BCUT2D eigenvalue weighted by atomic mass is 10.3. The van der Waals surface area contributed by atoms with Crippen LogP contribution in [0.2, 0.25) is 10.0 Å². The number of aryl methyl sites for hydroxylation is 1. The lowest BCUT2D eigenvalue weighted by Crippen LogP contribution is -1.97. The Labute approximate surface area is 142 Å². The van der Waals surface area contributed by atoms with E-state index in [0.717, 1.165) is 0 Å². The predicted molar refractivity (Wildman–Crippen MR) is 90.6 cm³/mol. The van der Waals surface area contributed by atoms with E-state index in [4.69, 9.17) is 23.2 Å². The van der Waals surface area contributed by atoms with Crippen LogP contribution in [0.15, 0.2) is 58.8 Å². The molecule has 2 aromatic carbocycles. The van der Waals surface area contributed by atoms with Crippen LogP contribution in [0.5, 0.6) is 5.88 Å². The van der Waals surface area contributed by atoms with Crippen molar-refractivity contribution < 1.29 is 5.11 Å². The highest BCUT2D eigenvalue weighted by Crippen LogP contribution is 2.36. The first-order valence-electron chi connectivity index (χ1n) is 6.77. The number of aromatic nitrogens is 2. The Hall–Kier alpha value is -2.37. The van der Waals surface area contributed by atoms with Gasteiger partial charge in [0, 0.05) is 5.02 Å². The van der Waals surface area contributed by atoms with Crippen molar-refractivity contribution in [3.63, 3.8) is 0 Å². The summed E-state index contributed by atoms with van der Waals surface area (Å²) in [4.78, 5) is 0. The van der Waals surface area contributed by atoms with Crippen LogP contribution < -0.4 is 0 Å². The first-order valence-corrected chi connectivity index (χ1v) is 7.52. The van der Waals surface area contributed by atoms with E-state index in [1.807, 2.05) is 30.3 Å². The van der Waals surface area contributed by atoms with Crippen molar-refractivity contribution in [3.05, 3.63) is 64.3 Å². The number of azo groups is 1. The van der Waals surface area contributed by atoms with Crippen LogP contribution >= 0.6 is 23.2 Å². The summed E-state index contributed by atoms with van der Waals surface area (Å²) in [6, 6.07) is 14.2. The maximum atomic E-state index is 10.4. The van der Waals surface area contributed by atoms with E-state index in [1.54, 1.807) is 25.1 Å². The van der Waals surface area contributed by atoms with Gasteiger partial charge in [-0.3, -0.25) is 0 Å². The van der Waals surface area contributed by atoms with E-state index in [0.29, 0.717) is 27.1 Å².